The summed E-state index contributed by atoms with van der Waals surface area (Å²) in [6.45, 7) is 8.71. The quantitative estimate of drug-likeness (QED) is 0.676. The lowest BCUT2D eigenvalue weighted by Crippen LogP contribution is -2.11. The maximum absolute atomic E-state index is 10.9. The Hall–Kier alpha value is -1.95. The maximum Gasteiger partial charge on any atom is 0.274 e. The van der Waals surface area contributed by atoms with Gasteiger partial charge in [0.15, 0.2) is 0 Å². The Balaban J connectivity index is 2.12. The summed E-state index contributed by atoms with van der Waals surface area (Å²) < 4.78 is 0. The zero-order chi connectivity index (χ0) is 15.6. The minimum Gasteiger partial charge on any atom is -0.379 e. The Morgan fingerprint density at radius 3 is 2.67 bits per heavy atom. The number of rotatable bonds is 4. The number of hydrogen-bond acceptors (Lipinski definition) is 5. The fourth-order valence-corrected chi connectivity index (χ4v) is 2.84. The summed E-state index contributed by atoms with van der Waals surface area (Å²) in [7, 11) is 0. The van der Waals surface area contributed by atoms with Gasteiger partial charge in [-0.3, -0.25) is 10.1 Å². The van der Waals surface area contributed by atoms with E-state index in [-0.39, 0.29) is 16.0 Å². The number of nitrogens with one attached hydrogen (secondary N) is 1. The van der Waals surface area contributed by atoms with E-state index in [9.17, 15) is 10.1 Å². The van der Waals surface area contributed by atoms with E-state index in [2.05, 4.69) is 31.1 Å². The second-order valence-corrected chi connectivity index (χ2v) is 6.81. The summed E-state index contributed by atoms with van der Waals surface area (Å²) in [5, 5.41) is 17.3. The van der Waals surface area contributed by atoms with Gasteiger partial charge in [-0.15, -0.1) is 11.3 Å². The van der Waals surface area contributed by atoms with Gasteiger partial charge in [-0.05, 0) is 13.0 Å². The highest BCUT2D eigenvalue weighted by atomic mass is 32.1. The molecule has 0 bridgehead atoms. The van der Waals surface area contributed by atoms with Gasteiger partial charge in [0, 0.05) is 28.1 Å². The molecule has 0 spiro atoms. The van der Waals surface area contributed by atoms with Gasteiger partial charge >= 0.3 is 0 Å². The van der Waals surface area contributed by atoms with Crippen molar-refractivity contribution >= 4 is 22.7 Å². The van der Waals surface area contributed by atoms with Crippen LogP contribution in [0.3, 0.4) is 0 Å². The van der Waals surface area contributed by atoms with Gasteiger partial charge in [0.05, 0.1) is 22.2 Å². The average molecular weight is 305 g/mol. The summed E-state index contributed by atoms with van der Waals surface area (Å²) in [4.78, 5) is 15.2. The van der Waals surface area contributed by atoms with Crippen LogP contribution in [-0.2, 0) is 12.0 Å². The predicted octanol–water partition coefficient (Wildman–Crippen LogP) is 4.27. The summed E-state index contributed by atoms with van der Waals surface area (Å²) in [6.07, 6.45) is 0. The van der Waals surface area contributed by atoms with E-state index in [0.29, 0.717) is 12.1 Å². The van der Waals surface area contributed by atoms with E-state index in [4.69, 9.17) is 0 Å². The van der Waals surface area contributed by atoms with Crippen LogP contribution in [0.4, 0.5) is 11.4 Å². The lowest BCUT2D eigenvalue weighted by Gasteiger charge is -2.13. The molecule has 21 heavy (non-hydrogen) atoms. The summed E-state index contributed by atoms with van der Waals surface area (Å²) in [6, 6.07) is 5.05. The van der Waals surface area contributed by atoms with E-state index in [0.717, 1.165) is 16.4 Å². The predicted molar refractivity (Wildman–Crippen MR) is 86.0 cm³/mol. The Kier molecular flexibility index (Phi) is 4.27. The minimum absolute atomic E-state index is 0.0460. The monoisotopic (exact) mass is 305 g/mol. The number of aromatic nitrogens is 1. The molecular formula is C15H19N3O2S. The topological polar surface area (TPSA) is 68.1 Å². The van der Waals surface area contributed by atoms with Crippen LogP contribution in [0.5, 0.6) is 0 Å². The molecule has 0 saturated heterocycles. The second kappa shape index (κ2) is 5.81. The van der Waals surface area contributed by atoms with Crippen LogP contribution in [0.25, 0.3) is 0 Å². The molecule has 112 valence electrons. The zero-order valence-corrected chi connectivity index (χ0v) is 13.5. The highest BCUT2D eigenvalue weighted by molar-refractivity contribution is 7.09. The molecule has 0 atom stereocenters. The van der Waals surface area contributed by atoms with E-state index < -0.39 is 0 Å². The second-order valence-electron chi connectivity index (χ2n) is 5.95. The van der Waals surface area contributed by atoms with E-state index in [1.165, 1.54) is 6.07 Å². The van der Waals surface area contributed by atoms with E-state index >= 15 is 0 Å². The van der Waals surface area contributed by atoms with Crippen LogP contribution in [0.1, 0.15) is 37.0 Å². The summed E-state index contributed by atoms with van der Waals surface area (Å²) in [5.74, 6) is 0. The van der Waals surface area contributed by atoms with Crippen LogP contribution in [0.2, 0.25) is 0 Å². The van der Waals surface area contributed by atoms with Crippen LogP contribution < -0.4 is 5.32 Å². The number of nitrogens with zero attached hydrogens (tertiary/aromatic N) is 2. The first-order valence-corrected chi connectivity index (χ1v) is 7.60. The largest absolute Gasteiger partial charge is 0.379 e. The molecule has 1 heterocycles. The molecule has 0 fully saturated rings. The molecule has 5 nitrogen and oxygen atoms in total. The third-order valence-electron chi connectivity index (χ3n) is 3.16. The van der Waals surface area contributed by atoms with Crippen molar-refractivity contribution in [3.63, 3.8) is 0 Å². The molecular weight excluding hydrogens is 286 g/mol. The normalized spacial score (nSPS) is 11.4. The molecule has 1 aromatic carbocycles. The van der Waals surface area contributed by atoms with Crippen LogP contribution in [-0.4, -0.2) is 9.91 Å². The number of benzene rings is 1. The lowest BCUT2D eigenvalue weighted by molar-refractivity contribution is -0.385. The molecule has 0 amide bonds. The van der Waals surface area contributed by atoms with Crippen molar-refractivity contribution in [1.29, 1.82) is 0 Å². The standard InChI is InChI=1S/C15H19N3O2S/c1-10-12(6-5-7-13(10)18(19)20)16-8-11-9-21-14(17-11)15(2,3)4/h5-7,9,16H,8H2,1-4H3. The van der Waals surface area contributed by atoms with Crippen molar-refractivity contribution in [3.05, 3.63) is 50.0 Å². The number of anilines is 1. The minimum atomic E-state index is -0.360. The van der Waals surface area contributed by atoms with Gasteiger partial charge in [0.25, 0.3) is 5.69 Å². The molecule has 1 N–H and O–H groups in total. The molecule has 0 aliphatic rings. The van der Waals surface area contributed by atoms with E-state index in [1.54, 1.807) is 24.3 Å². The first-order chi connectivity index (χ1) is 9.79. The molecule has 0 aliphatic carbocycles. The maximum atomic E-state index is 10.9. The lowest BCUT2D eigenvalue weighted by atomic mass is 9.98. The average Bonchev–Trinajstić information content (AvgIpc) is 2.86. The smallest absolute Gasteiger partial charge is 0.274 e. The molecule has 2 aromatic rings. The van der Waals surface area contributed by atoms with Crippen LogP contribution in [0.15, 0.2) is 23.6 Å². The number of nitro groups is 1. The van der Waals surface area contributed by atoms with Gasteiger partial charge in [0.1, 0.15) is 0 Å². The molecule has 1 aromatic heterocycles. The van der Waals surface area contributed by atoms with Gasteiger partial charge in [-0.25, -0.2) is 4.98 Å². The first kappa shape index (κ1) is 15.4. The van der Waals surface area contributed by atoms with Crippen molar-refractivity contribution in [2.24, 2.45) is 0 Å². The third kappa shape index (κ3) is 3.58. The van der Waals surface area contributed by atoms with Crippen molar-refractivity contribution in [3.8, 4) is 0 Å². The Labute approximate surface area is 128 Å². The van der Waals surface area contributed by atoms with Crippen molar-refractivity contribution in [2.45, 2.75) is 39.7 Å². The Morgan fingerprint density at radius 2 is 2.10 bits per heavy atom. The SMILES string of the molecule is Cc1c(NCc2csc(C(C)(C)C)n2)cccc1[N+](=O)[O-]. The van der Waals surface area contributed by atoms with Crippen molar-refractivity contribution in [2.75, 3.05) is 5.32 Å². The summed E-state index contributed by atoms with van der Waals surface area (Å²) in [5.41, 5.74) is 2.55. The number of thiazole rings is 1. The van der Waals surface area contributed by atoms with Crippen LogP contribution >= 0.6 is 11.3 Å². The van der Waals surface area contributed by atoms with Crippen molar-refractivity contribution < 1.29 is 4.92 Å². The highest BCUT2D eigenvalue weighted by Crippen LogP contribution is 2.27. The fraction of sp³-hybridized carbons (Fsp3) is 0.400. The number of hydrogen-bond donors (Lipinski definition) is 1. The van der Waals surface area contributed by atoms with Gasteiger partial charge < -0.3 is 5.32 Å². The first-order valence-electron chi connectivity index (χ1n) is 6.72. The van der Waals surface area contributed by atoms with E-state index in [1.807, 2.05) is 11.4 Å². The zero-order valence-electron chi connectivity index (χ0n) is 12.6. The molecule has 2 rings (SSSR count). The molecule has 6 heteroatoms. The molecule has 0 saturated carbocycles. The molecule has 0 aliphatic heterocycles. The number of nitro benzene ring substituents is 1. The Morgan fingerprint density at radius 1 is 1.38 bits per heavy atom. The van der Waals surface area contributed by atoms with Crippen molar-refractivity contribution in [1.82, 2.24) is 4.98 Å². The van der Waals surface area contributed by atoms with Gasteiger partial charge in [-0.1, -0.05) is 26.8 Å². The highest BCUT2D eigenvalue weighted by Gasteiger charge is 2.18. The summed E-state index contributed by atoms with van der Waals surface area (Å²) >= 11 is 1.64. The molecule has 0 unspecified atom stereocenters. The fourth-order valence-electron chi connectivity index (χ4n) is 1.93. The molecule has 0 radical (unpaired) electrons. The Bertz CT molecular complexity index is 659. The van der Waals surface area contributed by atoms with Crippen LogP contribution in [0, 0.1) is 17.0 Å². The van der Waals surface area contributed by atoms with Gasteiger partial charge in [-0.2, -0.15) is 0 Å². The third-order valence-corrected chi connectivity index (χ3v) is 4.47. The van der Waals surface area contributed by atoms with Gasteiger partial charge in [0.2, 0.25) is 0 Å².